The van der Waals surface area contributed by atoms with E-state index >= 15 is 0 Å². The molecule has 0 fully saturated rings. The van der Waals surface area contributed by atoms with Crippen LogP contribution >= 0.6 is 0 Å². The van der Waals surface area contributed by atoms with Crippen molar-refractivity contribution in [1.29, 1.82) is 0 Å². The van der Waals surface area contributed by atoms with Crippen molar-refractivity contribution in [3.63, 3.8) is 0 Å². The Bertz CT molecular complexity index is 1030. The van der Waals surface area contributed by atoms with Crippen molar-refractivity contribution in [2.24, 2.45) is 7.05 Å². The molecule has 134 valence electrons. The van der Waals surface area contributed by atoms with Gasteiger partial charge in [0, 0.05) is 55.6 Å². The highest BCUT2D eigenvalue weighted by Gasteiger charge is 2.16. The number of aryl methyl sites for hydroxylation is 2. The molecule has 0 aliphatic rings. The number of fused-ring (bicyclic) bond motifs is 1. The predicted octanol–water partition coefficient (Wildman–Crippen LogP) is 1.12. The van der Waals surface area contributed by atoms with E-state index in [9.17, 15) is 8.42 Å². The molecule has 0 amide bonds. The van der Waals surface area contributed by atoms with Gasteiger partial charge in [0.1, 0.15) is 4.90 Å². The molecule has 0 radical (unpaired) electrons. The highest BCUT2D eigenvalue weighted by molar-refractivity contribution is 7.90. The van der Waals surface area contributed by atoms with E-state index in [4.69, 9.17) is 0 Å². The number of aromatic nitrogens is 5. The fraction of sp³-hybridized carbons (Fsp3) is 0.438. The van der Waals surface area contributed by atoms with Crippen LogP contribution in [0, 0.1) is 13.8 Å². The SMILES string of the molecule is Cc1nn(C)c(C)c1CN(C)Cc1cnc2c(S(C)(=O)=O)cnn2c1. The van der Waals surface area contributed by atoms with Gasteiger partial charge in [-0.1, -0.05) is 0 Å². The third kappa shape index (κ3) is 3.42. The van der Waals surface area contributed by atoms with E-state index in [1.54, 1.807) is 6.20 Å². The van der Waals surface area contributed by atoms with Crippen LogP contribution in [0.25, 0.3) is 5.65 Å². The number of rotatable bonds is 5. The average Bonchev–Trinajstić information content (AvgIpc) is 3.03. The van der Waals surface area contributed by atoms with E-state index in [-0.39, 0.29) is 4.90 Å². The Balaban J connectivity index is 1.81. The maximum atomic E-state index is 11.7. The smallest absolute Gasteiger partial charge is 0.180 e. The molecular weight excluding hydrogens is 340 g/mol. The van der Waals surface area contributed by atoms with Crippen LogP contribution in [0.5, 0.6) is 0 Å². The number of hydrogen-bond donors (Lipinski definition) is 0. The lowest BCUT2D eigenvalue weighted by Gasteiger charge is -2.17. The van der Waals surface area contributed by atoms with E-state index in [1.165, 1.54) is 16.3 Å². The summed E-state index contributed by atoms with van der Waals surface area (Å²) in [6, 6.07) is 0. The van der Waals surface area contributed by atoms with Gasteiger partial charge in [0.05, 0.1) is 11.9 Å². The van der Waals surface area contributed by atoms with Gasteiger partial charge in [-0.25, -0.2) is 17.9 Å². The van der Waals surface area contributed by atoms with Crippen molar-refractivity contribution in [1.82, 2.24) is 29.3 Å². The average molecular weight is 362 g/mol. The van der Waals surface area contributed by atoms with Crippen molar-refractivity contribution < 1.29 is 8.42 Å². The van der Waals surface area contributed by atoms with Crippen molar-refractivity contribution in [2.75, 3.05) is 13.3 Å². The molecule has 0 N–H and O–H groups in total. The molecule has 0 unspecified atom stereocenters. The second kappa shape index (κ2) is 6.23. The highest BCUT2D eigenvalue weighted by Crippen LogP contribution is 2.17. The number of nitrogens with zero attached hydrogens (tertiary/aromatic N) is 6. The van der Waals surface area contributed by atoms with Gasteiger partial charge in [0.15, 0.2) is 15.5 Å². The van der Waals surface area contributed by atoms with Crippen molar-refractivity contribution in [3.8, 4) is 0 Å². The molecule has 9 heteroatoms. The summed E-state index contributed by atoms with van der Waals surface area (Å²) in [5.41, 5.74) is 4.72. The van der Waals surface area contributed by atoms with Gasteiger partial charge in [0.2, 0.25) is 0 Å². The lowest BCUT2D eigenvalue weighted by Crippen LogP contribution is -2.18. The molecule has 0 aliphatic carbocycles. The monoisotopic (exact) mass is 362 g/mol. The molecule has 0 aromatic carbocycles. The molecule has 3 rings (SSSR count). The minimum absolute atomic E-state index is 0.147. The summed E-state index contributed by atoms with van der Waals surface area (Å²) in [7, 11) is 0.639. The van der Waals surface area contributed by atoms with Crippen LogP contribution in [-0.4, -0.2) is 51.0 Å². The molecule has 0 spiro atoms. The zero-order valence-corrected chi connectivity index (χ0v) is 15.9. The molecule has 0 aliphatic heterocycles. The summed E-state index contributed by atoms with van der Waals surface area (Å²) in [5, 5.41) is 8.56. The molecule has 3 aromatic rings. The second-order valence-corrected chi connectivity index (χ2v) is 8.44. The lowest BCUT2D eigenvalue weighted by atomic mass is 10.2. The van der Waals surface area contributed by atoms with Gasteiger partial charge in [-0.2, -0.15) is 10.2 Å². The summed E-state index contributed by atoms with van der Waals surface area (Å²) in [6.07, 6.45) is 6.01. The fourth-order valence-electron chi connectivity index (χ4n) is 2.92. The van der Waals surface area contributed by atoms with Gasteiger partial charge in [0.25, 0.3) is 0 Å². The maximum Gasteiger partial charge on any atom is 0.180 e. The quantitative estimate of drug-likeness (QED) is 0.676. The first-order valence-corrected chi connectivity index (χ1v) is 9.76. The van der Waals surface area contributed by atoms with Crippen LogP contribution in [0.1, 0.15) is 22.5 Å². The van der Waals surface area contributed by atoms with Gasteiger partial charge in [-0.3, -0.25) is 9.58 Å². The van der Waals surface area contributed by atoms with Crippen LogP contribution in [0.2, 0.25) is 0 Å². The van der Waals surface area contributed by atoms with Crippen LogP contribution in [0.4, 0.5) is 0 Å². The van der Waals surface area contributed by atoms with E-state index < -0.39 is 9.84 Å². The van der Waals surface area contributed by atoms with E-state index in [0.717, 1.165) is 29.8 Å². The molecule has 3 aromatic heterocycles. The first-order chi connectivity index (χ1) is 11.7. The minimum atomic E-state index is -3.34. The summed E-state index contributed by atoms with van der Waals surface area (Å²) in [5.74, 6) is 0. The molecule has 25 heavy (non-hydrogen) atoms. The predicted molar refractivity (Wildman–Crippen MR) is 93.9 cm³/mol. The first-order valence-electron chi connectivity index (χ1n) is 7.86. The number of sulfone groups is 1. The normalized spacial score (nSPS) is 12.4. The maximum absolute atomic E-state index is 11.7. The van der Waals surface area contributed by atoms with Crippen LogP contribution in [0.3, 0.4) is 0 Å². The topological polar surface area (TPSA) is 85.4 Å². The molecule has 0 atom stereocenters. The van der Waals surface area contributed by atoms with E-state index in [0.29, 0.717) is 12.2 Å². The molecule has 0 saturated carbocycles. The molecule has 0 bridgehead atoms. The van der Waals surface area contributed by atoms with Crippen molar-refractivity contribution in [3.05, 3.63) is 41.1 Å². The Morgan fingerprint density at radius 2 is 1.92 bits per heavy atom. The van der Waals surface area contributed by atoms with Crippen molar-refractivity contribution >= 4 is 15.5 Å². The largest absolute Gasteiger partial charge is 0.298 e. The summed E-state index contributed by atoms with van der Waals surface area (Å²) in [4.78, 5) is 6.60. The fourth-order valence-corrected chi connectivity index (χ4v) is 3.64. The third-order valence-electron chi connectivity index (χ3n) is 4.32. The van der Waals surface area contributed by atoms with Crippen LogP contribution in [0.15, 0.2) is 23.5 Å². The lowest BCUT2D eigenvalue weighted by molar-refractivity contribution is 0.316. The first kappa shape index (κ1) is 17.6. The number of hydrogen-bond acceptors (Lipinski definition) is 6. The second-order valence-electron chi connectivity index (χ2n) is 6.46. The standard InChI is InChI=1S/C16H22N6O2S/c1-11-14(12(2)21(4)19-11)10-20(3)8-13-6-17-16-15(25(5,23)24)7-18-22(16)9-13/h6-7,9H,8,10H2,1-5H3. The summed E-state index contributed by atoms with van der Waals surface area (Å²) >= 11 is 0. The van der Waals surface area contributed by atoms with Crippen molar-refractivity contribution in [2.45, 2.75) is 31.8 Å². The Kier molecular flexibility index (Phi) is 4.38. The van der Waals surface area contributed by atoms with Gasteiger partial charge >= 0.3 is 0 Å². The van der Waals surface area contributed by atoms with Crippen LogP contribution in [-0.2, 0) is 30.0 Å². The van der Waals surface area contributed by atoms with Gasteiger partial charge in [-0.05, 0) is 20.9 Å². The molecule has 0 saturated heterocycles. The Morgan fingerprint density at radius 3 is 2.52 bits per heavy atom. The van der Waals surface area contributed by atoms with Crippen LogP contribution < -0.4 is 0 Å². The third-order valence-corrected chi connectivity index (χ3v) is 5.40. The Hall–Kier alpha value is -2.26. The summed E-state index contributed by atoms with van der Waals surface area (Å²) in [6.45, 7) is 5.52. The zero-order valence-electron chi connectivity index (χ0n) is 15.1. The van der Waals surface area contributed by atoms with Gasteiger partial charge in [-0.15, -0.1) is 0 Å². The minimum Gasteiger partial charge on any atom is -0.298 e. The molecule has 3 heterocycles. The zero-order chi connectivity index (χ0) is 18.4. The Labute approximate surface area is 147 Å². The highest BCUT2D eigenvalue weighted by atomic mass is 32.2. The van der Waals surface area contributed by atoms with E-state index in [2.05, 4.69) is 27.0 Å². The molecular formula is C16H22N6O2S. The molecule has 8 nitrogen and oxygen atoms in total. The summed E-state index contributed by atoms with van der Waals surface area (Å²) < 4.78 is 26.9. The van der Waals surface area contributed by atoms with E-state index in [1.807, 2.05) is 31.9 Å². The van der Waals surface area contributed by atoms with Gasteiger partial charge < -0.3 is 0 Å². The Morgan fingerprint density at radius 1 is 1.20 bits per heavy atom.